The summed E-state index contributed by atoms with van der Waals surface area (Å²) < 4.78 is 48.9. The Balaban J connectivity index is 2.09. The highest BCUT2D eigenvalue weighted by atomic mass is 32.2. The van der Waals surface area contributed by atoms with E-state index < -0.39 is 25.9 Å². The van der Waals surface area contributed by atoms with Gasteiger partial charge in [-0.2, -0.15) is 0 Å². The molecule has 10 nitrogen and oxygen atoms in total. The number of nitrogens with zero attached hydrogens (tertiary/aromatic N) is 2. The maximum absolute atomic E-state index is 12.1. The molecule has 154 valence electrons. The van der Waals surface area contributed by atoms with Crippen LogP contribution in [0, 0.1) is 6.57 Å². The van der Waals surface area contributed by atoms with Crippen molar-refractivity contribution in [3.8, 4) is 0 Å². The van der Waals surface area contributed by atoms with Gasteiger partial charge in [0.15, 0.2) is 15.5 Å². The lowest BCUT2D eigenvalue weighted by Crippen LogP contribution is -2.34. The van der Waals surface area contributed by atoms with E-state index in [-0.39, 0.29) is 21.2 Å². The van der Waals surface area contributed by atoms with Gasteiger partial charge in [0, 0.05) is 26.0 Å². The molecule has 0 heterocycles. The quantitative estimate of drug-likeness (QED) is 0.469. The van der Waals surface area contributed by atoms with Gasteiger partial charge in [-0.25, -0.2) is 30.8 Å². The highest BCUT2D eigenvalue weighted by molar-refractivity contribution is 7.91. The van der Waals surface area contributed by atoms with Crippen LogP contribution >= 0.6 is 0 Å². The summed E-state index contributed by atoms with van der Waals surface area (Å²) in [5.74, 6) is 0. The first-order chi connectivity index (χ1) is 13.4. The van der Waals surface area contributed by atoms with E-state index in [9.17, 15) is 21.6 Å². The van der Waals surface area contributed by atoms with Gasteiger partial charge in [-0.1, -0.05) is 6.07 Å². The molecule has 0 spiro atoms. The molecule has 0 saturated heterocycles. The summed E-state index contributed by atoms with van der Waals surface area (Å²) in [6, 6.07) is 8.81. The molecule has 29 heavy (non-hydrogen) atoms. The van der Waals surface area contributed by atoms with Crippen molar-refractivity contribution < 1.29 is 21.6 Å². The van der Waals surface area contributed by atoms with Crippen molar-refractivity contribution in [2.24, 2.45) is 0 Å². The highest BCUT2D eigenvalue weighted by Crippen LogP contribution is 2.26. The normalized spacial score (nSPS) is 11.6. The first-order valence-electron chi connectivity index (χ1n) is 8.02. The van der Waals surface area contributed by atoms with E-state index in [4.69, 9.17) is 6.57 Å². The fourth-order valence-corrected chi connectivity index (χ4v) is 3.95. The number of sulfone groups is 1. The van der Waals surface area contributed by atoms with Gasteiger partial charge >= 0.3 is 6.03 Å². The molecule has 0 aromatic heterocycles. The monoisotopic (exact) mass is 437 g/mol. The molecule has 0 unspecified atom stereocenters. The van der Waals surface area contributed by atoms with E-state index in [0.29, 0.717) is 5.69 Å². The lowest BCUT2D eigenvalue weighted by molar-refractivity contribution is 0.254. The van der Waals surface area contributed by atoms with E-state index in [2.05, 4.69) is 21.0 Å². The second-order valence-corrected chi connectivity index (χ2v) is 10.2. The number of rotatable bonds is 6. The summed E-state index contributed by atoms with van der Waals surface area (Å²) in [5.41, 5.74) is 5.36. The van der Waals surface area contributed by atoms with Crippen molar-refractivity contribution >= 4 is 43.0 Å². The Morgan fingerprint density at radius 1 is 1.03 bits per heavy atom. The second kappa shape index (κ2) is 8.48. The lowest BCUT2D eigenvalue weighted by Gasteiger charge is -2.14. The van der Waals surface area contributed by atoms with Crippen molar-refractivity contribution in [2.45, 2.75) is 9.79 Å². The van der Waals surface area contributed by atoms with Crippen molar-refractivity contribution in [1.82, 2.24) is 9.73 Å². The zero-order chi connectivity index (χ0) is 21.8. The number of hydrazine groups is 1. The van der Waals surface area contributed by atoms with Gasteiger partial charge < -0.3 is 5.32 Å². The Morgan fingerprint density at radius 3 is 2.17 bits per heavy atom. The number of nitrogens with one attached hydrogen (secondary N) is 3. The molecule has 0 radical (unpaired) electrons. The number of anilines is 2. The van der Waals surface area contributed by atoms with Gasteiger partial charge in [-0.05, 0) is 36.4 Å². The van der Waals surface area contributed by atoms with E-state index in [1.54, 1.807) is 0 Å². The van der Waals surface area contributed by atoms with E-state index in [1.807, 2.05) is 0 Å². The fourth-order valence-electron chi connectivity index (χ4n) is 2.20. The van der Waals surface area contributed by atoms with Crippen LogP contribution in [0.2, 0.25) is 0 Å². The minimum atomic E-state index is -3.64. The molecule has 2 rings (SSSR count). The fraction of sp³-hybridized carbons (Fsp3) is 0.176. The third-order valence-corrected chi connectivity index (χ3v) is 6.66. The molecule has 0 atom stereocenters. The van der Waals surface area contributed by atoms with Crippen molar-refractivity contribution in [3.63, 3.8) is 0 Å². The minimum Gasteiger partial charge on any atom is -0.307 e. The van der Waals surface area contributed by atoms with Crippen LogP contribution in [0.5, 0.6) is 0 Å². The van der Waals surface area contributed by atoms with Gasteiger partial charge in [0.2, 0.25) is 10.0 Å². The molecular formula is C17H19N5O5S2. The lowest BCUT2D eigenvalue weighted by atomic mass is 10.3. The zero-order valence-corrected chi connectivity index (χ0v) is 17.4. The summed E-state index contributed by atoms with van der Waals surface area (Å²) in [5, 5.41) is 2.48. The number of benzene rings is 2. The minimum absolute atomic E-state index is 0.0734. The number of carbonyl (C=O) groups is 1. The van der Waals surface area contributed by atoms with E-state index in [1.165, 1.54) is 56.6 Å². The Hall–Kier alpha value is -3.14. The number of sulfonamides is 1. The molecule has 2 aromatic carbocycles. The van der Waals surface area contributed by atoms with Gasteiger partial charge in [0.05, 0.1) is 22.1 Å². The topological polar surface area (TPSA) is 129 Å². The molecule has 0 aliphatic carbocycles. The average molecular weight is 438 g/mol. The van der Waals surface area contributed by atoms with Gasteiger partial charge in [0.1, 0.15) is 0 Å². The van der Waals surface area contributed by atoms with Crippen molar-refractivity contribution in [2.75, 3.05) is 31.1 Å². The molecule has 0 fully saturated rings. The number of amides is 2. The molecule has 12 heteroatoms. The molecule has 2 aromatic rings. The Bertz CT molecular complexity index is 1170. The Labute approximate surface area is 169 Å². The van der Waals surface area contributed by atoms with E-state index in [0.717, 1.165) is 10.6 Å². The Morgan fingerprint density at radius 2 is 1.66 bits per heavy atom. The van der Waals surface area contributed by atoms with Gasteiger partial charge in [-0.3, -0.25) is 10.9 Å². The van der Waals surface area contributed by atoms with Crippen LogP contribution in [0.1, 0.15) is 0 Å². The number of urea groups is 1. The molecule has 0 saturated carbocycles. The summed E-state index contributed by atoms with van der Waals surface area (Å²) in [7, 11) is -4.39. The third-order valence-electron chi connectivity index (χ3n) is 3.70. The SMILES string of the molecule is [C-]#[N+]c1ccc(NNC(=O)Nc2ccc(S(=O)(=O)N(C)C)cc2)c(S(C)(=O)=O)c1. The van der Waals surface area contributed by atoms with Crippen LogP contribution in [0.3, 0.4) is 0 Å². The molecule has 0 aliphatic heterocycles. The molecule has 0 bridgehead atoms. The first-order valence-corrected chi connectivity index (χ1v) is 11.4. The van der Waals surface area contributed by atoms with E-state index >= 15 is 0 Å². The number of hydrogen-bond donors (Lipinski definition) is 3. The van der Waals surface area contributed by atoms with Crippen LogP contribution < -0.4 is 16.2 Å². The summed E-state index contributed by atoms with van der Waals surface area (Å²) >= 11 is 0. The van der Waals surface area contributed by atoms with Crippen LogP contribution in [0.25, 0.3) is 4.85 Å². The number of hydrogen-bond acceptors (Lipinski definition) is 6. The predicted molar refractivity (Wildman–Crippen MR) is 109 cm³/mol. The zero-order valence-electron chi connectivity index (χ0n) is 15.8. The van der Waals surface area contributed by atoms with Crippen LogP contribution in [-0.4, -0.2) is 47.5 Å². The maximum Gasteiger partial charge on any atom is 0.337 e. The Kier molecular flexibility index (Phi) is 6.48. The summed E-state index contributed by atoms with van der Waals surface area (Å²) in [6.07, 6.45) is 0.991. The van der Waals surface area contributed by atoms with Crippen LogP contribution in [0.4, 0.5) is 21.9 Å². The summed E-state index contributed by atoms with van der Waals surface area (Å²) in [4.78, 5) is 15.2. The molecule has 2 amide bonds. The summed E-state index contributed by atoms with van der Waals surface area (Å²) in [6.45, 7) is 6.98. The largest absolute Gasteiger partial charge is 0.337 e. The second-order valence-electron chi connectivity index (χ2n) is 6.08. The molecule has 3 N–H and O–H groups in total. The van der Waals surface area contributed by atoms with Gasteiger partial charge in [0.25, 0.3) is 0 Å². The van der Waals surface area contributed by atoms with Crippen LogP contribution in [-0.2, 0) is 19.9 Å². The smallest absolute Gasteiger partial charge is 0.307 e. The van der Waals surface area contributed by atoms with Crippen LogP contribution in [0.15, 0.2) is 52.3 Å². The molecule has 0 aliphatic rings. The standard InChI is InChI=1S/C17H19N5O5S2/c1-18-13-7-10-15(16(11-13)28(4,24)25)20-21-17(23)19-12-5-8-14(9-6-12)29(26,27)22(2)3/h5-11,20H,2-4H3,(H2,19,21,23). The predicted octanol–water partition coefficient (Wildman–Crippen LogP) is 2.04. The van der Waals surface area contributed by atoms with Crippen molar-refractivity contribution in [3.05, 3.63) is 53.9 Å². The maximum atomic E-state index is 12.1. The van der Waals surface area contributed by atoms with Crippen molar-refractivity contribution in [1.29, 1.82) is 0 Å². The highest BCUT2D eigenvalue weighted by Gasteiger charge is 2.17. The van der Waals surface area contributed by atoms with Gasteiger partial charge in [-0.15, -0.1) is 0 Å². The molecular weight excluding hydrogens is 418 g/mol. The average Bonchev–Trinajstić information content (AvgIpc) is 2.65. The number of carbonyl (C=O) groups excluding carboxylic acids is 1. The third kappa shape index (κ3) is 5.44. The first kappa shape index (κ1) is 22.2.